The Hall–Kier alpha value is -2.70. The van der Waals surface area contributed by atoms with Gasteiger partial charge in [-0.3, -0.25) is 9.78 Å². The number of carbonyl (C=O) groups excluding carboxylic acids is 1. The summed E-state index contributed by atoms with van der Waals surface area (Å²) < 4.78 is 1.64. The number of pyridine rings is 1. The third-order valence-electron chi connectivity index (χ3n) is 5.14. The molecule has 2 aromatic heterocycles. The molecule has 0 aromatic carbocycles. The number of nitrogens with zero attached hydrogens (tertiary/aromatic N) is 4. The number of aliphatic carboxylic acids is 1. The fraction of sp³-hybridized carbons (Fsp3) is 0.412. The van der Waals surface area contributed by atoms with E-state index < -0.39 is 12.0 Å². The van der Waals surface area contributed by atoms with E-state index in [2.05, 4.69) is 10.1 Å². The number of aromatic nitrogens is 3. The van der Waals surface area contributed by atoms with Crippen LogP contribution in [-0.4, -0.2) is 49.2 Å². The second kappa shape index (κ2) is 5.74. The molecule has 7 nitrogen and oxygen atoms in total. The summed E-state index contributed by atoms with van der Waals surface area (Å²) in [6.45, 7) is 0.508. The summed E-state index contributed by atoms with van der Waals surface area (Å²) in [5.74, 6) is -0.864. The minimum atomic E-state index is -0.916. The molecule has 1 N–H and O–H groups in total. The summed E-state index contributed by atoms with van der Waals surface area (Å²) in [6, 6.07) is 4.48. The van der Waals surface area contributed by atoms with E-state index in [-0.39, 0.29) is 17.5 Å². The van der Waals surface area contributed by atoms with Crippen molar-refractivity contribution < 1.29 is 14.7 Å². The maximum absolute atomic E-state index is 12.9. The molecule has 2 aromatic rings. The monoisotopic (exact) mass is 326 g/mol. The molecule has 2 aliphatic rings. The molecule has 3 heterocycles. The molecular formula is C17H18N4O3. The van der Waals surface area contributed by atoms with E-state index in [0.717, 1.165) is 24.9 Å². The van der Waals surface area contributed by atoms with Crippen molar-refractivity contribution in [1.29, 1.82) is 0 Å². The number of carboxylic acid groups (broad SMARTS) is 1. The molecule has 124 valence electrons. The lowest BCUT2D eigenvalue weighted by Crippen LogP contribution is -2.43. The van der Waals surface area contributed by atoms with Crippen LogP contribution < -0.4 is 0 Å². The van der Waals surface area contributed by atoms with Gasteiger partial charge in [-0.15, -0.1) is 0 Å². The van der Waals surface area contributed by atoms with Gasteiger partial charge in [0, 0.05) is 25.1 Å². The lowest BCUT2D eigenvalue weighted by molar-refractivity contribution is -0.142. The number of carbonyl (C=O) groups is 2. The van der Waals surface area contributed by atoms with Crippen LogP contribution in [0.15, 0.2) is 36.8 Å². The van der Waals surface area contributed by atoms with E-state index in [9.17, 15) is 14.7 Å². The average Bonchev–Trinajstić information content (AvgIpc) is 3.30. The van der Waals surface area contributed by atoms with Gasteiger partial charge in [0.1, 0.15) is 11.7 Å². The zero-order valence-corrected chi connectivity index (χ0v) is 13.1. The van der Waals surface area contributed by atoms with E-state index in [1.165, 1.54) is 4.90 Å². The molecule has 24 heavy (non-hydrogen) atoms. The van der Waals surface area contributed by atoms with Crippen molar-refractivity contribution in [2.24, 2.45) is 11.8 Å². The van der Waals surface area contributed by atoms with Gasteiger partial charge in [-0.25, -0.2) is 9.48 Å². The second-order valence-corrected chi connectivity index (χ2v) is 6.45. The van der Waals surface area contributed by atoms with Gasteiger partial charge in [-0.2, -0.15) is 5.10 Å². The van der Waals surface area contributed by atoms with Crippen LogP contribution in [0.1, 0.15) is 29.8 Å². The molecule has 1 amide bonds. The number of carboxylic acids is 1. The molecule has 7 heteroatoms. The molecular weight excluding hydrogens is 308 g/mol. The van der Waals surface area contributed by atoms with Crippen LogP contribution in [0.3, 0.4) is 0 Å². The number of fused-ring (bicyclic) bond motifs is 1. The Labute approximate surface area is 138 Å². The van der Waals surface area contributed by atoms with Crippen LogP contribution >= 0.6 is 0 Å². The minimum absolute atomic E-state index is 0.0701. The average molecular weight is 326 g/mol. The smallest absolute Gasteiger partial charge is 0.326 e. The maximum atomic E-state index is 12.9. The Morgan fingerprint density at radius 3 is 2.88 bits per heavy atom. The standard InChI is InChI=1S/C17H18N4O3/c22-16(14-9-12(5-7-18-14)21-8-2-6-19-21)20-10-11-3-1-4-13(11)15(20)17(23)24/h2,5-9,11,13,15H,1,3-4,10H2,(H,23,24)/t11-,13+,15-/m0/s1. The summed E-state index contributed by atoms with van der Waals surface area (Å²) in [7, 11) is 0. The first-order chi connectivity index (χ1) is 11.6. The van der Waals surface area contributed by atoms with Gasteiger partial charge in [-0.1, -0.05) is 6.42 Å². The van der Waals surface area contributed by atoms with Crippen molar-refractivity contribution in [2.45, 2.75) is 25.3 Å². The van der Waals surface area contributed by atoms with Gasteiger partial charge in [0.15, 0.2) is 0 Å². The Morgan fingerprint density at radius 2 is 2.12 bits per heavy atom. The van der Waals surface area contributed by atoms with E-state index >= 15 is 0 Å². The Balaban J connectivity index is 1.64. The van der Waals surface area contributed by atoms with Crippen LogP contribution in [0.25, 0.3) is 5.69 Å². The maximum Gasteiger partial charge on any atom is 0.326 e. The van der Waals surface area contributed by atoms with Gasteiger partial charge in [0.2, 0.25) is 0 Å². The number of hydrogen-bond donors (Lipinski definition) is 1. The third kappa shape index (κ3) is 2.36. The highest BCUT2D eigenvalue weighted by Gasteiger charge is 2.49. The van der Waals surface area contributed by atoms with Gasteiger partial charge < -0.3 is 10.0 Å². The molecule has 4 rings (SSSR count). The number of likely N-dealkylation sites (tertiary alicyclic amines) is 1. The first-order valence-electron chi connectivity index (χ1n) is 8.15. The predicted octanol–water partition coefficient (Wildman–Crippen LogP) is 1.59. The molecule has 1 saturated heterocycles. The number of amides is 1. The topological polar surface area (TPSA) is 88.3 Å². The van der Waals surface area contributed by atoms with Gasteiger partial charge in [0.05, 0.1) is 5.69 Å². The third-order valence-corrected chi connectivity index (χ3v) is 5.14. The lowest BCUT2D eigenvalue weighted by Gasteiger charge is -2.24. The van der Waals surface area contributed by atoms with Crippen LogP contribution in [0.4, 0.5) is 0 Å². The molecule has 2 fully saturated rings. The molecule has 1 saturated carbocycles. The van der Waals surface area contributed by atoms with E-state index in [1.807, 2.05) is 0 Å². The fourth-order valence-corrected chi connectivity index (χ4v) is 4.08. The predicted molar refractivity (Wildman–Crippen MR) is 84.7 cm³/mol. The summed E-state index contributed by atoms with van der Waals surface area (Å²) in [6.07, 6.45) is 7.92. The van der Waals surface area contributed by atoms with Gasteiger partial charge >= 0.3 is 5.97 Å². The van der Waals surface area contributed by atoms with Crippen LogP contribution in [0.5, 0.6) is 0 Å². The van der Waals surface area contributed by atoms with Crippen molar-refractivity contribution in [3.63, 3.8) is 0 Å². The van der Waals surface area contributed by atoms with E-state index in [0.29, 0.717) is 12.5 Å². The van der Waals surface area contributed by atoms with Crippen molar-refractivity contribution in [3.8, 4) is 5.69 Å². The molecule has 0 bridgehead atoms. The summed E-state index contributed by atoms with van der Waals surface area (Å²) in [5.41, 5.74) is 0.985. The molecule has 0 spiro atoms. The number of hydrogen-bond acceptors (Lipinski definition) is 4. The summed E-state index contributed by atoms with van der Waals surface area (Å²) in [4.78, 5) is 30.2. The largest absolute Gasteiger partial charge is 0.480 e. The van der Waals surface area contributed by atoms with E-state index in [1.54, 1.807) is 41.5 Å². The molecule has 0 radical (unpaired) electrons. The Kier molecular flexibility index (Phi) is 3.55. The van der Waals surface area contributed by atoms with Crippen molar-refractivity contribution in [2.75, 3.05) is 6.54 Å². The van der Waals surface area contributed by atoms with Crippen molar-refractivity contribution in [1.82, 2.24) is 19.7 Å². The molecule has 3 atom stereocenters. The van der Waals surface area contributed by atoms with Crippen LogP contribution in [-0.2, 0) is 4.79 Å². The van der Waals surface area contributed by atoms with Gasteiger partial charge in [0.25, 0.3) is 5.91 Å². The number of rotatable bonds is 3. The molecule has 1 aliphatic carbocycles. The summed E-state index contributed by atoms with van der Waals surface area (Å²) in [5, 5.41) is 13.7. The highest BCUT2D eigenvalue weighted by atomic mass is 16.4. The van der Waals surface area contributed by atoms with Crippen molar-refractivity contribution in [3.05, 3.63) is 42.5 Å². The Morgan fingerprint density at radius 1 is 1.25 bits per heavy atom. The molecule has 0 unspecified atom stereocenters. The minimum Gasteiger partial charge on any atom is -0.480 e. The van der Waals surface area contributed by atoms with Crippen LogP contribution in [0, 0.1) is 11.8 Å². The quantitative estimate of drug-likeness (QED) is 0.925. The van der Waals surface area contributed by atoms with Crippen LogP contribution in [0.2, 0.25) is 0 Å². The fourth-order valence-electron chi connectivity index (χ4n) is 4.08. The summed E-state index contributed by atoms with van der Waals surface area (Å²) >= 11 is 0. The zero-order valence-electron chi connectivity index (χ0n) is 13.1. The Bertz CT molecular complexity index is 774. The zero-order chi connectivity index (χ0) is 16.7. The second-order valence-electron chi connectivity index (χ2n) is 6.45. The first kappa shape index (κ1) is 14.9. The lowest BCUT2D eigenvalue weighted by atomic mass is 9.94. The van der Waals surface area contributed by atoms with Crippen molar-refractivity contribution >= 4 is 11.9 Å². The molecule has 1 aliphatic heterocycles. The van der Waals surface area contributed by atoms with Gasteiger partial charge in [-0.05, 0) is 42.9 Å². The highest BCUT2D eigenvalue weighted by molar-refractivity contribution is 5.96. The van der Waals surface area contributed by atoms with E-state index in [4.69, 9.17) is 0 Å². The highest BCUT2D eigenvalue weighted by Crippen LogP contribution is 2.42. The normalized spacial score (nSPS) is 25.7. The first-order valence-corrected chi connectivity index (χ1v) is 8.15. The SMILES string of the molecule is O=C(O)[C@@H]1[C@@H]2CCC[C@H]2CN1C(=O)c1cc(-n2cccn2)ccn1.